The Morgan fingerprint density at radius 1 is 1.38 bits per heavy atom. The molecule has 6 nitrogen and oxygen atoms in total. The molecule has 0 aliphatic carbocycles. The summed E-state index contributed by atoms with van der Waals surface area (Å²) in [7, 11) is 0. The highest BCUT2D eigenvalue weighted by Crippen LogP contribution is 2.30. The summed E-state index contributed by atoms with van der Waals surface area (Å²) in [6, 6.07) is 3.35. The molecule has 122 valence electrons. The first-order chi connectivity index (χ1) is 11.5. The first-order valence-corrected chi connectivity index (χ1v) is 7.63. The molecule has 1 N–H and O–H groups in total. The van der Waals surface area contributed by atoms with Crippen molar-refractivity contribution in [2.45, 2.75) is 20.0 Å². The van der Waals surface area contributed by atoms with Gasteiger partial charge in [-0.25, -0.2) is 13.9 Å². The van der Waals surface area contributed by atoms with Crippen LogP contribution in [0.1, 0.15) is 27.3 Å². The van der Waals surface area contributed by atoms with Crippen LogP contribution < -0.4 is 0 Å². The maximum atomic E-state index is 13.1. The van der Waals surface area contributed by atoms with E-state index in [1.807, 2.05) is 6.92 Å². The van der Waals surface area contributed by atoms with Crippen molar-refractivity contribution in [3.8, 4) is 5.75 Å². The van der Waals surface area contributed by atoms with Gasteiger partial charge in [0.1, 0.15) is 11.6 Å². The van der Waals surface area contributed by atoms with E-state index >= 15 is 0 Å². The second-order valence-electron chi connectivity index (χ2n) is 5.67. The van der Waals surface area contributed by atoms with Crippen LogP contribution in [0.3, 0.4) is 0 Å². The summed E-state index contributed by atoms with van der Waals surface area (Å²) in [5, 5.41) is 14.8. The molecule has 0 unspecified atom stereocenters. The van der Waals surface area contributed by atoms with Crippen LogP contribution in [0.15, 0.2) is 24.4 Å². The van der Waals surface area contributed by atoms with Gasteiger partial charge in [-0.05, 0) is 19.1 Å². The van der Waals surface area contributed by atoms with E-state index in [4.69, 9.17) is 11.6 Å². The van der Waals surface area contributed by atoms with Gasteiger partial charge in [-0.1, -0.05) is 11.6 Å². The molecule has 1 aliphatic rings. The Bertz CT molecular complexity index is 1000. The average molecular weight is 347 g/mol. The van der Waals surface area contributed by atoms with Gasteiger partial charge in [0.2, 0.25) is 0 Å². The molecule has 0 fully saturated rings. The van der Waals surface area contributed by atoms with Crippen molar-refractivity contribution in [3.05, 3.63) is 57.8 Å². The zero-order chi connectivity index (χ0) is 17.0. The standard InChI is InChI=1S/C16H12ClFN4O2/c1-8-12(17)5-19-15-11-6-21(7-13(11)20-22(8)15)16(24)10-3-2-9(18)4-14(10)23/h2-5,23H,6-7H2,1H3. The first kappa shape index (κ1) is 14.9. The second kappa shape index (κ2) is 5.17. The number of phenols is 1. The number of nitrogens with zero attached hydrogens (tertiary/aromatic N) is 4. The van der Waals surface area contributed by atoms with Crippen molar-refractivity contribution >= 4 is 23.2 Å². The fourth-order valence-electron chi connectivity index (χ4n) is 2.88. The molecule has 0 bridgehead atoms. The Kier molecular flexibility index (Phi) is 3.21. The molecule has 24 heavy (non-hydrogen) atoms. The fourth-order valence-corrected chi connectivity index (χ4v) is 3.01. The molecule has 0 radical (unpaired) electrons. The van der Waals surface area contributed by atoms with Crippen LogP contribution in [-0.2, 0) is 13.1 Å². The smallest absolute Gasteiger partial charge is 0.258 e. The predicted octanol–water partition coefficient (Wildman–Crippen LogP) is 2.69. The number of phenolic OH excluding ortho intramolecular Hbond substituents is 1. The van der Waals surface area contributed by atoms with Crippen molar-refractivity contribution in [2.75, 3.05) is 0 Å². The summed E-state index contributed by atoms with van der Waals surface area (Å²) in [6.07, 6.45) is 1.56. The van der Waals surface area contributed by atoms with Gasteiger partial charge in [0, 0.05) is 17.8 Å². The summed E-state index contributed by atoms with van der Waals surface area (Å²) >= 11 is 6.05. The summed E-state index contributed by atoms with van der Waals surface area (Å²) in [4.78, 5) is 18.4. The molecule has 3 aromatic rings. The number of carbonyl (C=O) groups is 1. The monoisotopic (exact) mass is 346 g/mol. The Hall–Kier alpha value is -2.67. The predicted molar refractivity (Wildman–Crippen MR) is 84.4 cm³/mol. The quantitative estimate of drug-likeness (QED) is 0.735. The van der Waals surface area contributed by atoms with Gasteiger partial charge >= 0.3 is 0 Å². The second-order valence-corrected chi connectivity index (χ2v) is 6.08. The number of halogens is 2. The number of rotatable bonds is 1. The van der Waals surface area contributed by atoms with E-state index in [0.29, 0.717) is 23.8 Å². The van der Waals surface area contributed by atoms with Crippen molar-refractivity contribution in [2.24, 2.45) is 0 Å². The minimum absolute atomic E-state index is 0.0608. The van der Waals surface area contributed by atoms with Crippen molar-refractivity contribution in [3.63, 3.8) is 0 Å². The van der Waals surface area contributed by atoms with Gasteiger partial charge in [0.05, 0.1) is 35.1 Å². The number of fused-ring (bicyclic) bond motifs is 3. The van der Waals surface area contributed by atoms with Gasteiger partial charge < -0.3 is 10.0 Å². The molecular formula is C16H12ClFN4O2. The third-order valence-corrected chi connectivity index (χ3v) is 4.54. The van der Waals surface area contributed by atoms with Crippen LogP contribution in [0.4, 0.5) is 4.39 Å². The molecular weight excluding hydrogens is 335 g/mol. The minimum atomic E-state index is -0.594. The lowest BCUT2D eigenvalue weighted by atomic mass is 10.1. The van der Waals surface area contributed by atoms with Gasteiger partial charge in [0.15, 0.2) is 5.65 Å². The van der Waals surface area contributed by atoms with Crippen LogP contribution in [0.25, 0.3) is 5.65 Å². The highest BCUT2D eigenvalue weighted by atomic mass is 35.5. The van der Waals surface area contributed by atoms with Gasteiger partial charge in [-0.2, -0.15) is 5.10 Å². The number of amides is 1. The Morgan fingerprint density at radius 3 is 2.92 bits per heavy atom. The molecule has 4 rings (SSSR count). The molecule has 0 atom stereocenters. The van der Waals surface area contributed by atoms with Crippen LogP contribution in [-0.4, -0.2) is 30.5 Å². The van der Waals surface area contributed by atoms with Crippen LogP contribution in [0, 0.1) is 12.7 Å². The molecule has 2 aromatic heterocycles. The van der Waals surface area contributed by atoms with Gasteiger partial charge in [0.25, 0.3) is 5.91 Å². The van der Waals surface area contributed by atoms with E-state index in [1.165, 1.54) is 11.0 Å². The highest BCUT2D eigenvalue weighted by molar-refractivity contribution is 6.31. The lowest BCUT2D eigenvalue weighted by Gasteiger charge is -2.16. The van der Waals surface area contributed by atoms with E-state index in [1.54, 1.807) is 10.7 Å². The molecule has 3 heterocycles. The number of benzene rings is 1. The largest absolute Gasteiger partial charge is 0.507 e. The number of aryl methyl sites for hydroxylation is 1. The Morgan fingerprint density at radius 2 is 2.17 bits per heavy atom. The van der Waals surface area contributed by atoms with E-state index in [2.05, 4.69) is 10.1 Å². The van der Waals surface area contributed by atoms with E-state index in [0.717, 1.165) is 29.1 Å². The molecule has 0 spiro atoms. The van der Waals surface area contributed by atoms with Crippen LogP contribution in [0.5, 0.6) is 5.75 Å². The summed E-state index contributed by atoms with van der Waals surface area (Å²) in [5.41, 5.74) is 3.09. The van der Waals surface area contributed by atoms with E-state index in [9.17, 15) is 14.3 Å². The van der Waals surface area contributed by atoms with Gasteiger partial charge in [-0.3, -0.25) is 4.79 Å². The molecule has 0 saturated heterocycles. The van der Waals surface area contributed by atoms with Crippen molar-refractivity contribution in [1.82, 2.24) is 19.5 Å². The third-order valence-electron chi connectivity index (χ3n) is 4.17. The fraction of sp³-hybridized carbons (Fsp3) is 0.188. The Labute approximate surface area is 141 Å². The summed E-state index contributed by atoms with van der Waals surface area (Å²) in [5.74, 6) is -1.35. The molecule has 1 amide bonds. The Balaban J connectivity index is 1.68. The zero-order valence-corrected chi connectivity index (χ0v) is 13.4. The SMILES string of the molecule is Cc1c(Cl)cnc2c3c(nn12)CN(C(=O)c1ccc(F)cc1O)C3. The number of hydrogen-bond donors (Lipinski definition) is 1. The number of hydrogen-bond acceptors (Lipinski definition) is 4. The lowest BCUT2D eigenvalue weighted by Crippen LogP contribution is -2.26. The van der Waals surface area contributed by atoms with Crippen molar-refractivity contribution < 1.29 is 14.3 Å². The minimum Gasteiger partial charge on any atom is -0.507 e. The first-order valence-electron chi connectivity index (χ1n) is 7.25. The number of aromatic nitrogens is 3. The van der Waals surface area contributed by atoms with Crippen LogP contribution in [0.2, 0.25) is 5.02 Å². The third kappa shape index (κ3) is 2.12. The highest BCUT2D eigenvalue weighted by Gasteiger charge is 2.31. The average Bonchev–Trinajstić information content (AvgIpc) is 3.09. The maximum absolute atomic E-state index is 13.1. The topological polar surface area (TPSA) is 70.7 Å². The molecule has 1 aromatic carbocycles. The van der Waals surface area contributed by atoms with E-state index < -0.39 is 5.82 Å². The molecule has 1 aliphatic heterocycles. The number of aromatic hydroxyl groups is 1. The normalized spacial score (nSPS) is 13.5. The van der Waals surface area contributed by atoms with Gasteiger partial charge in [-0.15, -0.1) is 0 Å². The summed E-state index contributed by atoms with van der Waals surface area (Å²) < 4.78 is 14.8. The van der Waals surface area contributed by atoms with Crippen molar-refractivity contribution in [1.29, 1.82) is 0 Å². The molecule has 0 saturated carbocycles. The zero-order valence-electron chi connectivity index (χ0n) is 12.6. The summed E-state index contributed by atoms with van der Waals surface area (Å²) in [6.45, 7) is 2.46. The maximum Gasteiger partial charge on any atom is 0.258 e. The lowest BCUT2D eigenvalue weighted by molar-refractivity contribution is 0.0746. The molecule has 8 heteroatoms. The number of carbonyl (C=O) groups excluding carboxylic acids is 1. The van der Waals surface area contributed by atoms with Crippen LogP contribution >= 0.6 is 11.6 Å². The van der Waals surface area contributed by atoms with E-state index in [-0.39, 0.29) is 17.2 Å².